The van der Waals surface area contributed by atoms with Gasteiger partial charge >= 0.3 is 0 Å². The Bertz CT molecular complexity index is 387. The second-order valence-electron chi connectivity index (χ2n) is 5.94. The first-order valence-corrected chi connectivity index (χ1v) is 9.60. The molecule has 1 atom stereocenters. The molecular weight excluding hydrogens is 280 g/mol. The smallest absolute Gasteiger partial charge is 0.138 e. The van der Waals surface area contributed by atoms with Gasteiger partial charge in [-0.1, -0.05) is 26.2 Å². The molecule has 1 aliphatic carbocycles. The first-order chi connectivity index (χ1) is 10.3. The van der Waals surface area contributed by atoms with Crippen molar-refractivity contribution in [3.05, 3.63) is 12.2 Å². The van der Waals surface area contributed by atoms with E-state index in [0.29, 0.717) is 6.04 Å². The van der Waals surface area contributed by atoms with E-state index in [1.165, 1.54) is 44.3 Å². The van der Waals surface area contributed by atoms with Gasteiger partial charge in [0.1, 0.15) is 12.2 Å². The molecule has 1 heterocycles. The molecule has 21 heavy (non-hydrogen) atoms. The molecule has 1 unspecified atom stereocenters. The molecule has 0 aliphatic heterocycles. The molecule has 5 heteroatoms. The lowest BCUT2D eigenvalue weighted by molar-refractivity contribution is 0.503. The van der Waals surface area contributed by atoms with Gasteiger partial charge in [-0.3, -0.25) is 4.68 Å². The van der Waals surface area contributed by atoms with Crippen LogP contribution in [-0.4, -0.2) is 38.4 Å². The summed E-state index contributed by atoms with van der Waals surface area (Å²) in [4.78, 5) is 4.43. The molecule has 1 aromatic heterocycles. The predicted molar refractivity (Wildman–Crippen MR) is 90.8 cm³/mol. The average molecular weight is 311 g/mol. The number of thioether (sulfide) groups is 1. The number of nitrogens with zero attached hydrogens (tertiary/aromatic N) is 3. The molecule has 1 fully saturated rings. The SMILES string of the molecule is CCCNC(CSC1CCCCC1)Cc1ncnn1CC. The van der Waals surface area contributed by atoms with E-state index in [-0.39, 0.29) is 0 Å². The fraction of sp³-hybridized carbons (Fsp3) is 0.875. The number of nitrogens with one attached hydrogen (secondary N) is 1. The van der Waals surface area contributed by atoms with Crippen molar-refractivity contribution in [3.8, 4) is 0 Å². The minimum atomic E-state index is 0.520. The maximum absolute atomic E-state index is 4.43. The molecule has 0 aromatic carbocycles. The van der Waals surface area contributed by atoms with Crippen LogP contribution in [0.25, 0.3) is 0 Å². The summed E-state index contributed by atoms with van der Waals surface area (Å²) in [7, 11) is 0. The molecule has 0 bridgehead atoms. The fourth-order valence-electron chi connectivity index (χ4n) is 2.95. The van der Waals surface area contributed by atoms with Crippen molar-refractivity contribution in [1.82, 2.24) is 20.1 Å². The van der Waals surface area contributed by atoms with Gasteiger partial charge in [0.05, 0.1) is 0 Å². The van der Waals surface area contributed by atoms with Gasteiger partial charge in [-0.05, 0) is 32.7 Å². The maximum Gasteiger partial charge on any atom is 0.138 e. The third kappa shape index (κ3) is 5.62. The van der Waals surface area contributed by atoms with E-state index in [1.807, 2.05) is 4.68 Å². The van der Waals surface area contributed by atoms with E-state index >= 15 is 0 Å². The quantitative estimate of drug-likeness (QED) is 0.760. The third-order valence-electron chi connectivity index (χ3n) is 4.19. The van der Waals surface area contributed by atoms with Crippen LogP contribution in [0, 0.1) is 0 Å². The zero-order valence-electron chi connectivity index (χ0n) is 13.6. The van der Waals surface area contributed by atoms with Gasteiger partial charge in [-0.2, -0.15) is 16.9 Å². The molecule has 0 saturated heterocycles. The summed E-state index contributed by atoms with van der Waals surface area (Å²) in [5.41, 5.74) is 0. The molecule has 1 aromatic rings. The van der Waals surface area contributed by atoms with Crippen LogP contribution in [0.3, 0.4) is 0 Å². The van der Waals surface area contributed by atoms with Gasteiger partial charge in [0.25, 0.3) is 0 Å². The zero-order valence-corrected chi connectivity index (χ0v) is 14.4. The van der Waals surface area contributed by atoms with Crippen LogP contribution in [0.2, 0.25) is 0 Å². The Labute approximate surface area is 133 Å². The Morgan fingerprint density at radius 1 is 1.33 bits per heavy atom. The first kappa shape index (κ1) is 16.8. The molecule has 4 nitrogen and oxygen atoms in total. The van der Waals surface area contributed by atoms with E-state index < -0.39 is 0 Å². The highest BCUT2D eigenvalue weighted by Crippen LogP contribution is 2.28. The summed E-state index contributed by atoms with van der Waals surface area (Å²) in [6.45, 7) is 6.36. The van der Waals surface area contributed by atoms with Crippen LogP contribution in [-0.2, 0) is 13.0 Å². The van der Waals surface area contributed by atoms with Gasteiger partial charge in [-0.15, -0.1) is 0 Å². The van der Waals surface area contributed by atoms with Crippen molar-refractivity contribution in [2.24, 2.45) is 0 Å². The summed E-state index contributed by atoms with van der Waals surface area (Å²) in [5, 5.41) is 8.87. The lowest BCUT2D eigenvalue weighted by Gasteiger charge is -2.24. The molecule has 120 valence electrons. The van der Waals surface area contributed by atoms with E-state index in [2.05, 4.69) is 41.0 Å². The van der Waals surface area contributed by atoms with E-state index in [4.69, 9.17) is 0 Å². The Kier molecular flexibility index (Phi) is 7.58. The van der Waals surface area contributed by atoms with Crippen molar-refractivity contribution in [1.29, 1.82) is 0 Å². The highest BCUT2D eigenvalue weighted by atomic mass is 32.2. The minimum absolute atomic E-state index is 0.520. The van der Waals surface area contributed by atoms with Crippen LogP contribution in [0.1, 0.15) is 58.2 Å². The largest absolute Gasteiger partial charge is 0.313 e. The van der Waals surface area contributed by atoms with Crippen molar-refractivity contribution >= 4 is 11.8 Å². The van der Waals surface area contributed by atoms with Crippen molar-refractivity contribution in [2.75, 3.05) is 12.3 Å². The highest BCUT2D eigenvalue weighted by Gasteiger charge is 2.18. The predicted octanol–water partition coefficient (Wildman–Crippen LogP) is 3.27. The van der Waals surface area contributed by atoms with Crippen LogP contribution < -0.4 is 5.32 Å². The topological polar surface area (TPSA) is 42.7 Å². The van der Waals surface area contributed by atoms with E-state index in [9.17, 15) is 0 Å². The molecule has 0 radical (unpaired) electrons. The van der Waals surface area contributed by atoms with Crippen LogP contribution in [0.5, 0.6) is 0 Å². The zero-order chi connectivity index (χ0) is 14.9. The standard InChI is InChI=1S/C16H30N4S/c1-3-10-17-14(11-16-18-13-19-20(16)4-2)12-21-15-8-6-5-7-9-15/h13-15,17H,3-12H2,1-2H3. The monoisotopic (exact) mass is 310 g/mol. The third-order valence-corrected chi connectivity index (χ3v) is 5.73. The highest BCUT2D eigenvalue weighted by molar-refractivity contribution is 7.99. The lowest BCUT2D eigenvalue weighted by Crippen LogP contribution is -2.35. The maximum atomic E-state index is 4.43. The number of hydrogen-bond acceptors (Lipinski definition) is 4. The van der Waals surface area contributed by atoms with Crippen molar-refractivity contribution in [3.63, 3.8) is 0 Å². The second-order valence-corrected chi connectivity index (χ2v) is 7.27. The van der Waals surface area contributed by atoms with Crippen molar-refractivity contribution in [2.45, 2.75) is 76.6 Å². The summed E-state index contributed by atoms with van der Waals surface area (Å²) in [6, 6.07) is 0.520. The van der Waals surface area contributed by atoms with Gasteiger partial charge in [0, 0.05) is 30.0 Å². The normalized spacial score (nSPS) is 18.0. The van der Waals surface area contributed by atoms with Gasteiger partial charge < -0.3 is 5.32 Å². The summed E-state index contributed by atoms with van der Waals surface area (Å²) < 4.78 is 2.02. The Morgan fingerprint density at radius 2 is 2.14 bits per heavy atom. The number of hydrogen-bond donors (Lipinski definition) is 1. The number of rotatable bonds is 9. The number of aromatic nitrogens is 3. The molecular formula is C16H30N4S. The van der Waals surface area contributed by atoms with Gasteiger partial charge in [0.2, 0.25) is 0 Å². The molecule has 0 spiro atoms. The van der Waals surface area contributed by atoms with Gasteiger partial charge in [-0.25, -0.2) is 4.98 Å². The summed E-state index contributed by atoms with van der Waals surface area (Å²) in [5.74, 6) is 2.32. The summed E-state index contributed by atoms with van der Waals surface area (Å²) in [6.07, 6.45) is 11.0. The van der Waals surface area contributed by atoms with Crippen molar-refractivity contribution < 1.29 is 0 Å². The van der Waals surface area contributed by atoms with E-state index in [0.717, 1.165) is 30.6 Å². The van der Waals surface area contributed by atoms with Crippen LogP contribution in [0.15, 0.2) is 6.33 Å². The molecule has 2 rings (SSSR count). The molecule has 0 amide bonds. The van der Waals surface area contributed by atoms with Crippen LogP contribution in [0.4, 0.5) is 0 Å². The Hall–Kier alpha value is -0.550. The second kappa shape index (κ2) is 9.46. The Balaban J connectivity index is 1.84. The van der Waals surface area contributed by atoms with Crippen LogP contribution >= 0.6 is 11.8 Å². The molecule has 1 saturated carbocycles. The molecule has 1 aliphatic rings. The summed E-state index contributed by atoms with van der Waals surface area (Å²) >= 11 is 2.17. The van der Waals surface area contributed by atoms with Gasteiger partial charge in [0.15, 0.2) is 0 Å². The Morgan fingerprint density at radius 3 is 2.86 bits per heavy atom. The molecule has 1 N–H and O–H groups in total. The fourth-order valence-corrected chi connectivity index (χ4v) is 4.36. The first-order valence-electron chi connectivity index (χ1n) is 8.55. The van der Waals surface area contributed by atoms with E-state index in [1.54, 1.807) is 6.33 Å². The number of aryl methyl sites for hydroxylation is 1. The average Bonchev–Trinajstić information content (AvgIpc) is 2.98. The minimum Gasteiger partial charge on any atom is -0.313 e. The lowest BCUT2D eigenvalue weighted by atomic mass is 10.0.